The Bertz CT molecular complexity index is 179. The molecular formula is C8H11ClN2. The molecule has 1 saturated carbocycles. The molecule has 1 aliphatic rings. The summed E-state index contributed by atoms with van der Waals surface area (Å²) >= 11 is 5.38. The van der Waals surface area contributed by atoms with E-state index < -0.39 is 0 Å². The zero-order chi connectivity index (χ0) is 8.10. The molecule has 0 amide bonds. The topological polar surface area (TPSA) is 27.0 Å². The van der Waals surface area contributed by atoms with Crippen molar-refractivity contribution in [2.24, 2.45) is 0 Å². The highest BCUT2D eigenvalue weighted by molar-refractivity contribution is 6.25. The zero-order valence-corrected chi connectivity index (χ0v) is 7.09. The summed E-state index contributed by atoms with van der Waals surface area (Å²) < 4.78 is 0. The van der Waals surface area contributed by atoms with E-state index in [0.29, 0.717) is 12.6 Å². The van der Waals surface area contributed by atoms with Gasteiger partial charge in [0.1, 0.15) is 0 Å². The Kier molecular flexibility index (Phi) is 3.41. The van der Waals surface area contributed by atoms with Gasteiger partial charge in [-0.15, -0.1) is 0 Å². The van der Waals surface area contributed by atoms with Gasteiger partial charge in [-0.25, -0.2) is 0 Å². The molecule has 0 atom stereocenters. The Morgan fingerprint density at radius 3 is 2.82 bits per heavy atom. The van der Waals surface area contributed by atoms with E-state index in [1.165, 1.54) is 18.4 Å². The largest absolute Gasteiger partial charge is 0.284 e. The van der Waals surface area contributed by atoms with Gasteiger partial charge in [0.2, 0.25) is 0 Å². The second-order valence-corrected chi connectivity index (χ2v) is 2.93. The number of nitriles is 1. The molecule has 2 nitrogen and oxygen atoms in total. The van der Waals surface area contributed by atoms with Gasteiger partial charge in [-0.3, -0.25) is 4.90 Å². The Labute approximate surface area is 72.1 Å². The summed E-state index contributed by atoms with van der Waals surface area (Å²) in [6.07, 6.45) is 4.34. The maximum Gasteiger partial charge on any atom is 0.0871 e. The van der Waals surface area contributed by atoms with E-state index in [1.54, 1.807) is 0 Å². The monoisotopic (exact) mass is 170 g/mol. The molecule has 0 spiro atoms. The zero-order valence-electron chi connectivity index (χ0n) is 6.33. The molecule has 0 aliphatic heterocycles. The first-order valence-corrected chi connectivity index (χ1v) is 4.18. The molecule has 0 bridgehead atoms. The maximum absolute atomic E-state index is 8.46. The van der Waals surface area contributed by atoms with E-state index in [-0.39, 0.29) is 0 Å². The molecule has 0 unspecified atom stereocenters. The standard InChI is InChI=1S/C8H11ClN2/c9-4-1-6-11(7-5-10)8-2-3-8/h1,4,8H,2-3,6-7H2/b4-1+. The molecule has 0 aromatic rings. The van der Waals surface area contributed by atoms with E-state index in [0.717, 1.165) is 6.54 Å². The Morgan fingerprint density at radius 1 is 1.64 bits per heavy atom. The van der Waals surface area contributed by atoms with E-state index in [1.807, 2.05) is 6.08 Å². The van der Waals surface area contributed by atoms with Crippen molar-refractivity contribution in [1.82, 2.24) is 4.90 Å². The van der Waals surface area contributed by atoms with Crippen LogP contribution in [0.5, 0.6) is 0 Å². The minimum Gasteiger partial charge on any atom is -0.284 e. The van der Waals surface area contributed by atoms with Gasteiger partial charge in [-0.05, 0) is 12.8 Å². The fourth-order valence-electron chi connectivity index (χ4n) is 1.05. The van der Waals surface area contributed by atoms with Gasteiger partial charge in [0.05, 0.1) is 12.6 Å². The van der Waals surface area contributed by atoms with Crippen LogP contribution in [-0.4, -0.2) is 24.0 Å². The van der Waals surface area contributed by atoms with Crippen LogP contribution < -0.4 is 0 Å². The van der Waals surface area contributed by atoms with Crippen LogP contribution in [-0.2, 0) is 0 Å². The fraction of sp³-hybridized carbons (Fsp3) is 0.625. The lowest BCUT2D eigenvalue weighted by Gasteiger charge is -2.14. The molecule has 60 valence electrons. The summed E-state index contributed by atoms with van der Waals surface area (Å²) in [6, 6.07) is 2.79. The van der Waals surface area contributed by atoms with Crippen molar-refractivity contribution in [3.63, 3.8) is 0 Å². The highest BCUT2D eigenvalue weighted by Crippen LogP contribution is 2.26. The molecule has 1 fully saturated rings. The fourth-order valence-corrected chi connectivity index (χ4v) is 1.13. The van der Waals surface area contributed by atoms with Crippen LogP contribution in [0.4, 0.5) is 0 Å². The lowest BCUT2D eigenvalue weighted by atomic mass is 10.4. The molecule has 0 aromatic carbocycles. The van der Waals surface area contributed by atoms with Crippen molar-refractivity contribution >= 4 is 11.6 Å². The molecule has 3 heteroatoms. The Balaban J connectivity index is 2.27. The highest BCUT2D eigenvalue weighted by Gasteiger charge is 2.27. The summed E-state index contributed by atoms with van der Waals surface area (Å²) in [5, 5.41) is 8.46. The molecule has 0 N–H and O–H groups in total. The first-order chi connectivity index (χ1) is 5.38. The average Bonchev–Trinajstić information content (AvgIpc) is 2.80. The van der Waals surface area contributed by atoms with Gasteiger partial charge in [0.25, 0.3) is 0 Å². The molecule has 11 heavy (non-hydrogen) atoms. The molecule has 1 rings (SSSR count). The summed E-state index contributed by atoms with van der Waals surface area (Å²) in [7, 11) is 0. The third-order valence-corrected chi connectivity index (χ3v) is 1.94. The smallest absolute Gasteiger partial charge is 0.0871 e. The lowest BCUT2D eigenvalue weighted by Crippen LogP contribution is -2.26. The number of hydrogen-bond donors (Lipinski definition) is 0. The summed E-state index contributed by atoms with van der Waals surface area (Å²) in [5.74, 6) is 0. The van der Waals surface area contributed by atoms with Gasteiger partial charge in [-0.1, -0.05) is 17.7 Å². The normalized spacial score (nSPS) is 17.5. The van der Waals surface area contributed by atoms with Crippen LogP contribution in [0.3, 0.4) is 0 Å². The Hall–Kier alpha value is -0.520. The van der Waals surface area contributed by atoms with E-state index in [2.05, 4.69) is 11.0 Å². The molecule has 0 aromatic heterocycles. The van der Waals surface area contributed by atoms with E-state index in [9.17, 15) is 0 Å². The van der Waals surface area contributed by atoms with E-state index in [4.69, 9.17) is 16.9 Å². The van der Waals surface area contributed by atoms with Gasteiger partial charge >= 0.3 is 0 Å². The molecule has 1 aliphatic carbocycles. The van der Waals surface area contributed by atoms with Gasteiger partial charge < -0.3 is 0 Å². The van der Waals surface area contributed by atoms with Crippen molar-refractivity contribution in [2.75, 3.05) is 13.1 Å². The lowest BCUT2D eigenvalue weighted by molar-refractivity contribution is 0.328. The second-order valence-electron chi connectivity index (χ2n) is 2.68. The van der Waals surface area contributed by atoms with Crippen LogP contribution in [0.2, 0.25) is 0 Å². The summed E-state index contributed by atoms with van der Waals surface area (Å²) in [4.78, 5) is 2.14. The highest BCUT2D eigenvalue weighted by atomic mass is 35.5. The quantitative estimate of drug-likeness (QED) is 0.601. The first-order valence-electron chi connectivity index (χ1n) is 3.74. The maximum atomic E-state index is 8.46. The molecule has 0 saturated heterocycles. The summed E-state index contributed by atoms with van der Waals surface area (Å²) in [5.41, 5.74) is 1.51. The van der Waals surface area contributed by atoms with Crippen molar-refractivity contribution in [3.8, 4) is 6.07 Å². The van der Waals surface area contributed by atoms with Crippen LogP contribution >= 0.6 is 11.6 Å². The predicted octanol–water partition coefficient (Wildman–Crippen LogP) is 1.73. The van der Waals surface area contributed by atoms with Crippen LogP contribution in [0.15, 0.2) is 11.6 Å². The third-order valence-electron chi connectivity index (χ3n) is 1.77. The molecule has 0 heterocycles. The molecular weight excluding hydrogens is 160 g/mol. The first kappa shape index (κ1) is 8.58. The van der Waals surface area contributed by atoms with Crippen LogP contribution in [0, 0.1) is 11.3 Å². The number of halogens is 1. The van der Waals surface area contributed by atoms with E-state index >= 15 is 0 Å². The number of rotatable bonds is 4. The van der Waals surface area contributed by atoms with Gasteiger partial charge in [-0.2, -0.15) is 5.26 Å². The Morgan fingerprint density at radius 2 is 2.36 bits per heavy atom. The predicted molar refractivity (Wildman–Crippen MR) is 45.2 cm³/mol. The van der Waals surface area contributed by atoms with Crippen molar-refractivity contribution < 1.29 is 0 Å². The van der Waals surface area contributed by atoms with Crippen molar-refractivity contribution in [1.29, 1.82) is 5.26 Å². The third kappa shape index (κ3) is 2.92. The summed E-state index contributed by atoms with van der Waals surface area (Å²) in [6.45, 7) is 1.33. The minimum atomic E-state index is 0.520. The minimum absolute atomic E-state index is 0.520. The SMILES string of the molecule is N#CCN(C/C=C/Cl)C1CC1. The molecule has 0 radical (unpaired) electrons. The van der Waals surface area contributed by atoms with Gasteiger partial charge in [0, 0.05) is 18.1 Å². The van der Waals surface area contributed by atoms with Crippen LogP contribution in [0.25, 0.3) is 0 Å². The average molecular weight is 171 g/mol. The number of nitrogens with zero attached hydrogens (tertiary/aromatic N) is 2. The second kappa shape index (κ2) is 4.38. The van der Waals surface area contributed by atoms with Crippen LogP contribution in [0.1, 0.15) is 12.8 Å². The van der Waals surface area contributed by atoms with Gasteiger partial charge in [0.15, 0.2) is 0 Å². The van der Waals surface area contributed by atoms with Crippen molar-refractivity contribution in [2.45, 2.75) is 18.9 Å². The number of hydrogen-bond acceptors (Lipinski definition) is 2. The van der Waals surface area contributed by atoms with Crippen molar-refractivity contribution in [3.05, 3.63) is 11.6 Å².